The lowest BCUT2D eigenvalue weighted by atomic mass is 9.94. The third-order valence-corrected chi connectivity index (χ3v) is 7.15. The van der Waals surface area contributed by atoms with Gasteiger partial charge in [-0.1, -0.05) is 49.3 Å². The van der Waals surface area contributed by atoms with Gasteiger partial charge in [-0.15, -0.1) is 0 Å². The van der Waals surface area contributed by atoms with Crippen molar-refractivity contribution < 1.29 is 9.21 Å². The Kier molecular flexibility index (Phi) is 5.84. The predicted molar refractivity (Wildman–Crippen MR) is 129 cm³/mol. The molecule has 0 spiro atoms. The fourth-order valence-electron chi connectivity index (χ4n) is 4.22. The van der Waals surface area contributed by atoms with Gasteiger partial charge in [0, 0.05) is 12.2 Å². The second-order valence-electron chi connectivity index (χ2n) is 7.88. The van der Waals surface area contributed by atoms with Gasteiger partial charge in [0.05, 0.1) is 23.3 Å². The molecule has 4 heterocycles. The highest BCUT2D eigenvalue weighted by molar-refractivity contribution is 8.26. The average Bonchev–Trinajstić information content (AvgIpc) is 3.43. The summed E-state index contributed by atoms with van der Waals surface area (Å²) >= 11 is 6.80. The second kappa shape index (κ2) is 8.91. The maximum atomic E-state index is 13.3. The molecule has 1 saturated heterocycles. The van der Waals surface area contributed by atoms with Gasteiger partial charge < -0.3 is 9.73 Å². The number of thiocarbonyl (C=S) groups is 1. The first-order valence-corrected chi connectivity index (χ1v) is 11.9. The van der Waals surface area contributed by atoms with Crippen molar-refractivity contribution >= 4 is 51.7 Å². The Morgan fingerprint density at radius 3 is 2.81 bits per heavy atom. The van der Waals surface area contributed by atoms with E-state index < -0.39 is 0 Å². The summed E-state index contributed by atoms with van der Waals surface area (Å²) in [4.78, 5) is 33.4. The van der Waals surface area contributed by atoms with Crippen molar-refractivity contribution in [3.8, 4) is 0 Å². The van der Waals surface area contributed by atoms with Crippen molar-refractivity contribution in [2.45, 2.75) is 44.7 Å². The van der Waals surface area contributed by atoms with Crippen molar-refractivity contribution in [3.05, 3.63) is 69.4 Å². The third-order valence-electron chi connectivity index (χ3n) is 5.82. The molecule has 0 atom stereocenters. The van der Waals surface area contributed by atoms with Crippen molar-refractivity contribution in [1.29, 1.82) is 0 Å². The minimum Gasteiger partial charge on any atom is -0.467 e. The van der Waals surface area contributed by atoms with Crippen LogP contribution in [0, 0.1) is 0 Å². The molecule has 0 aromatic carbocycles. The summed E-state index contributed by atoms with van der Waals surface area (Å²) in [6, 6.07) is 9.17. The summed E-state index contributed by atoms with van der Waals surface area (Å²) in [5.41, 5.74) is 0.594. The Hall–Kier alpha value is -2.91. The van der Waals surface area contributed by atoms with E-state index in [-0.39, 0.29) is 17.5 Å². The summed E-state index contributed by atoms with van der Waals surface area (Å²) in [7, 11) is 0. The molecule has 1 aliphatic carbocycles. The second-order valence-corrected chi connectivity index (χ2v) is 9.56. The Labute approximate surface area is 194 Å². The lowest BCUT2D eigenvalue weighted by molar-refractivity contribution is -0.124. The molecule has 7 nitrogen and oxygen atoms in total. The molecule has 0 radical (unpaired) electrons. The van der Waals surface area contributed by atoms with Gasteiger partial charge in [-0.05, 0) is 43.2 Å². The smallest absolute Gasteiger partial charge is 0.267 e. The number of carbonyl (C=O) groups excluding carboxylic acids is 1. The quantitative estimate of drug-likeness (QED) is 0.440. The van der Waals surface area contributed by atoms with Crippen LogP contribution >= 0.6 is 24.0 Å². The molecule has 2 aliphatic rings. The summed E-state index contributed by atoms with van der Waals surface area (Å²) in [6.45, 7) is 0.367. The summed E-state index contributed by atoms with van der Waals surface area (Å²) in [5, 5.41) is 3.19. The number of rotatable bonds is 5. The monoisotopic (exact) mass is 466 g/mol. The Bertz CT molecular complexity index is 1260. The van der Waals surface area contributed by atoms with Crippen molar-refractivity contribution in [2.75, 3.05) is 5.32 Å². The molecule has 1 aliphatic heterocycles. The summed E-state index contributed by atoms with van der Waals surface area (Å²) in [5.74, 6) is 0.997. The zero-order chi connectivity index (χ0) is 22.1. The van der Waals surface area contributed by atoms with Gasteiger partial charge in [0.25, 0.3) is 11.5 Å². The standard InChI is InChI=1S/C23H22N4O3S2/c28-21-17(13-18-22(29)27(23(31)32-18)15-7-2-1-3-8-15)20(24-14-16-9-6-12-30-16)25-19-10-4-5-11-26(19)21/h4-6,9-13,15,24H,1-3,7-8,14H2/b18-13+. The van der Waals surface area contributed by atoms with E-state index in [1.807, 2.05) is 12.1 Å². The molecular weight excluding hydrogens is 444 g/mol. The van der Waals surface area contributed by atoms with Crippen molar-refractivity contribution in [1.82, 2.24) is 14.3 Å². The molecule has 3 aromatic heterocycles. The lowest BCUT2D eigenvalue weighted by Crippen LogP contribution is -2.39. The van der Waals surface area contributed by atoms with E-state index in [1.165, 1.54) is 22.6 Å². The van der Waals surface area contributed by atoms with Gasteiger partial charge in [-0.2, -0.15) is 0 Å². The van der Waals surface area contributed by atoms with Gasteiger partial charge >= 0.3 is 0 Å². The zero-order valence-electron chi connectivity index (χ0n) is 17.3. The third kappa shape index (κ3) is 3.98. The topological polar surface area (TPSA) is 79.9 Å². The highest BCUT2D eigenvalue weighted by atomic mass is 32.2. The average molecular weight is 467 g/mol. The number of furan rings is 1. The minimum atomic E-state index is -0.250. The minimum absolute atomic E-state index is 0.124. The molecule has 1 amide bonds. The Morgan fingerprint density at radius 2 is 2.03 bits per heavy atom. The fourth-order valence-corrected chi connectivity index (χ4v) is 5.60. The number of nitrogens with zero attached hydrogens (tertiary/aromatic N) is 3. The molecule has 1 N–H and O–H groups in total. The van der Waals surface area contributed by atoms with Crippen LogP contribution in [0.15, 0.2) is 56.9 Å². The Balaban J connectivity index is 1.53. The largest absolute Gasteiger partial charge is 0.467 e. The van der Waals surface area contributed by atoms with Crippen LogP contribution in [0.3, 0.4) is 0 Å². The van der Waals surface area contributed by atoms with E-state index in [0.29, 0.717) is 32.8 Å². The number of nitrogens with one attached hydrogen (secondary N) is 1. The molecule has 32 heavy (non-hydrogen) atoms. The number of aromatic nitrogens is 2. The van der Waals surface area contributed by atoms with Crippen LogP contribution < -0.4 is 10.9 Å². The molecule has 1 saturated carbocycles. The van der Waals surface area contributed by atoms with Crippen LogP contribution in [0.1, 0.15) is 43.4 Å². The van der Waals surface area contributed by atoms with Crippen LogP contribution in [0.4, 0.5) is 5.82 Å². The highest BCUT2D eigenvalue weighted by Gasteiger charge is 2.37. The van der Waals surface area contributed by atoms with Gasteiger partial charge in [0.15, 0.2) is 0 Å². The molecular formula is C23H22N4O3S2. The van der Waals surface area contributed by atoms with E-state index in [9.17, 15) is 9.59 Å². The lowest BCUT2D eigenvalue weighted by Gasteiger charge is -2.29. The number of carbonyl (C=O) groups is 1. The molecule has 0 bridgehead atoms. The molecule has 164 valence electrons. The first-order chi connectivity index (χ1) is 15.6. The number of thioether (sulfide) groups is 1. The SMILES string of the molecule is O=C1/C(=C\c2c(NCc3ccco3)nc3ccccn3c2=O)SC(=S)N1C1CCCCC1. The number of anilines is 1. The van der Waals surface area contributed by atoms with Crippen LogP contribution in [0.25, 0.3) is 11.7 Å². The zero-order valence-corrected chi connectivity index (χ0v) is 19.0. The number of fused-ring (bicyclic) bond motifs is 1. The normalized spacial score (nSPS) is 18.8. The molecule has 2 fully saturated rings. The predicted octanol–water partition coefficient (Wildman–Crippen LogP) is 4.43. The van der Waals surface area contributed by atoms with Crippen molar-refractivity contribution in [3.63, 3.8) is 0 Å². The fraction of sp³-hybridized carbons (Fsp3) is 0.304. The maximum absolute atomic E-state index is 13.3. The van der Waals surface area contributed by atoms with Gasteiger partial charge in [-0.3, -0.25) is 18.9 Å². The molecule has 5 rings (SSSR count). The number of hydrogen-bond donors (Lipinski definition) is 1. The van der Waals surface area contributed by atoms with Gasteiger partial charge in [0.1, 0.15) is 21.5 Å². The Morgan fingerprint density at radius 1 is 1.19 bits per heavy atom. The van der Waals surface area contributed by atoms with Crippen LogP contribution in [-0.2, 0) is 11.3 Å². The van der Waals surface area contributed by atoms with E-state index >= 15 is 0 Å². The van der Waals surface area contributed by atoms with Crippen LogP contribution in [0.5, 0.6) is 0 Å². The van der Waals surface area contributed by atoms with Crippen LogP contribution in [-0.4, -0.2) is 30.6 Å². The van der Waals surface area contributed by atoms with Gasteiger partial charge in [0.2, 0.25) is 0 Å². The van der Waals surface area contributed by atoms with Crippen molar-refractivity contribution in [2.24, 2.45) is 0 Å². The number of pyridine rings is 1. The van der Waals surface area contributed by atoms with E-state index in [0.717, 1.165) is 31.4 Å². The van der Waals surface area contributed by atoms with E-state index in [2.05, 4.69) is 10.3 Å². The summed E-state index contributed by atoms with van der Waals surface area (Å²) < 4.78 is 7.43. The first-order valence-electron chi connectivity index (χ1n) is 10.7. The number of amides is 1. The maximum Gasteiger partial charge on any atom is 0.267 e. The molecule has 9 heteroatoms. The molecule has 3 aromatic rings. The van der Waals surface area contributed by atoms with Gasteiger partial charge in [-0.25, -0.2) is 4.98 Å². The summed E-state index contributed by atoms with van der Waals surface area (Å²) in [6.07, 6.45) is 10.2. The van der Waals surface area contributed by atoms with E-state index in [1.54, 1.807) is 41.6 Å². The highest BCUT2D eigenvalue weighted by Crippen LogP contribution is 2.37. The van der Waals surface area contributed by atoms with E-state index in [4.69, 9.17) is 16.6 Å². The van der Waals surface area contributed by atoms with Crippen LogP contribution in [0.2, 0.25) is 0 Å². The first kappa shape index (κ1) is 21.0. The number of hydrogen-bond acceptors (Lipinski definition) is 7. The molecule has 0 unspecified atom stereocenters.